The minimum absolute atomic E-state index is 0.235. The maximum atomic E-state index is 12.5. The summed E-state index contributed by atoms with van der Waals surface area (Å²) in [6.07, 6.45) is 7.92. The maximum Gasteiger partial charge on any atom is 0.132 e. The van der Waals surface area contributed by atoms with E-state index in [1.165, 1.54) is 0 Å². The fourth-order valence-corrected chi connectivity index (χ4v) is 1.52. The maximum absolute atomic E-state index is 12.5. The van der Waals surface area contributed by atoms with Gasteiger partial charge in [-0.15, -0.1) is 0 Å². The molecule has 17 heavy (non-hydrogen) atoms. The second-order valence-corrected chi connectivity index (χ2v) is 4.17. The van der Waals surface area contributed by atoms with Gasteiger partial charge in [0.25, 0.3) is 0 Å². The van der Waals surface area contributed by atoms with E-state index in [-0.39, 0.29) is 11.5 Å². The van der Waals surface area contributed by atoms with Crippen LogP contribution in [0.4, 0.5) is 8.78 Å². The molecule has 0 unspecified atom stereocenters. The van der Waals surface area contributed by atoms with Crippen LogP contribution in [0.2, 0.25) is 0 Å². The summed E-state index contributed by atoms with van der Waals surface area (Å²) >= 11 is 0. The van der Waals surface area contributed by atoms with Crippen molar-refractivity contribution in [1.29, 1.82) is 0 Å². The van der Waals surface area contributed by atoms with Crippen molar-refractivity contribution in [2.24, 2.45) is 0 Å². The van der Waals surface area contributed by atoms with Crippen molar-refractivity contribution in [3.05, 3.63) is 24.2 Å². The van der Waals surface area contributed by atoms with Crippen LogP contribution in [-0.4, -0.2) is 0 Å². The Hall–Kier alpha value is -0.860. The third kappa shape index (κ3) is 8.90. The van der Waals surface area contributed by atoms with Crippen LogP contribution in [0, 0.1) is 0 Å². The smallest absolute Gasteiger partial charge is 0.132 e. The highest BCUT2D eigenvalue weighted by Crippen LogP contribution is 2.19. The molecule has 0 aromatic rings. The lowest BCUT2D eigenvalue weighted by Crippen LogP contribution is -1.94. The molecule has 0 saturated heterocycles. The van der Waals surface area contributed by atoms with E-state index < -0.39 is 0 Å². The van der Waals surface area contributed by atoms with Crippen molar-refractivity contribution in [3.63, 3.8) is 0 Å². The highest BCUT2D eigenvalue weighted by atomic mass is 19.1. The summed E-state index contributed by atoms with van der Waals surface area (Å²) in [6.45, 7) is 4.16. The van der Waals surface area contributed by atoms with E-state index >= 15 is 0 Å². The minimum Gasteiger partial charge on any atom is -0.461 e. The molecule has 0 atom stereocenters. The Kier molecular flexibility index (Phi) is 11.0. The first-order valence-corrected chi connectivity index (χ1v) is 6.54. The van der Waals surface area contributed by atoms with Gasteiger partial charge in [-0.1, -0.05) is 39.5 Å². The SMILES string of the molecule is CCCCCC(=CF)OC(=CF)CCCCC. The van der Waals surface area contributed by atoms with Crippen molar-refractivity contribution in [2.75, 3.05) is 0 Å². The van der Waals surface area contributed by atoms with Gasteiger partial charge >= 0.3 is 0 Å². The molecule has 0 aliphatic rings. The summed E-state index contributed by atoms with van der Waals surface area (Å²) < 4.78 is 30.3. The monoisotopic (exact) mass is 246 g/mol. The van der Waals surface area contributed by atoms with Gasteiger partial charge in [0.15, 0.2) is 0 Å². The molecule has 0 saturated carbocycles. The van der Waals surface area contributed by atoms with E-state index in [0.717, 1.165) is 38.5 Å². The van der Waals surface area contributed by atoms with Crippen LogP contribution >= 0.6 is 0 Å². The summed E-state index contributed by atoms with van der Waals surface area (Å²) in [6, 6.07) is 0. The Morgan fingerprint density at radius 3 is 1.53 bits per heavy atom. The van der Waals surface area contributed by atoms with Crippen LogP contribution in [0.25, 0.3) is 0 Å². The lowest BCUT2D eigenvalue weighted by atomic mass is 10.2. The van der Waals surface area contributed by atoms with Crippen molar-refractivity contribution in [2.45, 2.75) is 65.2 Å². The largest absolute Gasteiger partial charge is 0.461 e. The molecule has 0 aliphatic heterocycles. The molecule has 0 heterocycles. The van der Waals surface area contributed by atoms with Gasteiger partial charge in [0, 0.05) is 12.8 Å². The van der Waals surface area contributed by atoms with Crippen molar-refractivity contribution >= 4 is 0 Å². The zero-order chi connectivity index (χ0) is 12.9. The standard InChI is InChI=1S/C14H24F2O/c1-3-5-7-9-13(11-15)17-14(12-16)10-8-6-4-2/h11-12H,3-10H2,1-2H3. The first-order valence-electron chi connectivity index (χ1n) is 6.54. The molecule has 3 heteroatoms. The van der Waals surface area contributed by atoms with Crippen molar-refractivity contribution in [3.8, 4) is 0 Å². The Balaban J connectivity index is 3.97. The zero-order valence-electron chi connectivity index (χ0n) is 11.0. The van der Waals surface area contributed by atoms with Gasteiger partial charge in [-0.2, -0.15) is 0 Å². The fraction of sp³-hybridized carbons (Fsp3) is 0.714. The van der Waals surface area contributed by atoms with E-state index in [1.54, 1.807) is 0 Å². The van der Waals surface area contributed by atoms with Gasteiger partial charge in [0.2, 0.25) is 0 Å². The van der Waals surface area contributed by atoms with Crippen LogP contribution in [0.15, 0.2) is 24.2 Å². The van der Waals surface area contributed by atoms with E-state index in [9.17, 15) is 8.78 Å². The number of hydrogen-bond acceptors (Lipinski definition) is 1. The molecule has 0 rings (SSSR count). The average Bonchev–Trinajstić information content (AvgIpc) is 2.36. The third-order valence-electron chi connectivity index (χ3n) is 2.56. The van der Waals surface area contributed by atoms with Crippen LogP contribution in [-0.2, 0) is 4.74 Å². The van der Waals surface area contributed by atoms with Crippen LogP contribution in [0.3, 0.4) is 0 Å². The quantitative estimate of drug-likeness (QED) is 0.350. The summed E-state index contributed by atoms with van der Waals surface area (Å²) in [5, 5.41) is 0. The van der Waals surface area contributed by atoms with Gasteiger partial charge in [-0.3, -0.25) is 0 Å². The van der Waals surface area contributed by atoms with Crippen molar-refractivity contribution in [1.82, 2.24) is 0 Å². The minimum atomic E-state index is 0.235. The Labute approximate surface area is 104 Å². The molecule has 100 valence electrons. The molecule has 0 N–H and O–H groups in total. The zero-order valence-corrected chi connectivity index (χ0v) is 11.0. The fourth-order valence-electron chi connectivity index (χ4n) is 1.52. The molecule has 0 aromatic carbocycles. The van der Waals surface area contributed by atoms with Gasteiger partial charge in [-0.05, 0) is 12.8 Å². The molecule has 0 amide bonds. The molecule has 1 nitrogen and oxygen atoms in total. The van der Waals surface area contributed by atoms with Crippen LogP contribution in [0.5, 0.6) is 0 Å². The number of allylic oxidation sites excluding steroid dienone is 2. The summed E-state index contributed by atoms with van der Waals surface area (Å²) in [5.41, 5.74) is 0. The molecule has 0 spiro atoms. The summed E-state index contributed by atoms with van der Waals surface area (Å²) in [5.74, 6) is 0.470. The Morgan fingerprint density at radius 1 is 0.824 bits per heavy atom. The highest BCUT2D eigenvalue weighted by Gasteiger charge is 2.04. The predicted octanol–water partition coefficient (Wildman–Crippen LogP) is 5.79. The predicted molar refractivity (Wildman–Crippen MR) is 67.8 cm³/mol. The Bertz CT molecular complexity index is 210. The average molecular weight is 246 g/mol. The molecular weight excluding hydrogens is 222 g/mol. The normalized spacial score (nSPS) is 12.9. The van der Waals surface area contributed by atoms with Gasteiger partial charge in [-0.25, -0.2) is 8.78 Å². The number of rotatable bonds is 10. The Morgan fingerprint density at radius 2 is 1.24 bits per heavy atom. The number of ether oxygens (including phenoxy) is 1. The van der Waals surface area contributed by atoms with E-state index in [0.29, 0.717) is 25.5 Å². The molecule has 0 bridgehead atoms. The molecule has 0 aliphatic carbocycles. The van der Waals surface area contributed by atoms with E-state index in [1.807, 2.05) is 0 Å². The van der Waals surface area contributed by atoms with E-state index in [4.69, 9.17) is 4.74 Å². The van der Waals surface area contributed by atoms with E-state index in [2.05, 4.69) is 13.8 Å². The third-order valence-corrected chi connectivity index (χ3v) is 2.56. The highest BCUT2D eigenvalue weighted by molar-refractivity contribution is 4.97. The topological polar surface area (TPSA) is 9.23 Å². The lowest BCUT2D eigenvalue weighted by molar-refractivity contribution is 0.256. The number of halogens is 2. The first kappa shape index (κ1) is 16.1. The second kappa shape index (κ2) is 11.6. The van der Waals surface area contributed by atoms with Gasteiger partial charge in [0.1, 0.15) is 24.2 Å². The van der Waals surface area contributed by atoms with Crippen molar-refractivity contribution < 1.29 is 13.5 Å². The first-order chi connectivity index (χ1) is 8.28. The second-order valence-electron chi connectivity index (χ2n) is 4.17. The van der Waals surface area contributed by atoms with Gasteiger partial charge in [0.05, 0.1) is 0 Å². The molecular formula is C14H24F2O. The van der Waals surface area contributed by atoms with Gasteiger partial charge < -0.3 is 4.74 Å². The summed E-state index contributed by atoms with van der Waals surface area (Å²) in [7, 11) is 0. The van der Waals surface area contributed by atoms with Crippen LogP contribution < -0.4 is 0 Å². The lowest BCUT2D eigenvalue weighted by Gasteiger charge is -2.10. The number of unbranched alkanes of at least 4 members (excludes halogenated alkanes) is 4. The number of hydrogen-bond donors (Lipinski definition) is 0. The molecule has 0 aromatic heterocycles. The van der Waals surface area contributed by atoms with Crippen LogP contribution in [0.1, 0.15) is 65.2 Å². The molecule has 0 fully saturated rings. The molecule has 0 radical (unpaired) electrons. The summed E-state index contributed by atoms with van der Waals surface area (Å²) in [4.78, 5) is 0.